The smallest absolute Gasteiger partial charge is 0.339 e. The molecule has 2 rings (SSSR count). The quantitative estimate of drug-likeness (QED) is 0.662. The van der Waals surface area contributed by atoms with E-state index in [0.717, 1.165) is 6.42 Å². The number of hydrogen-bond acceptors (Lipinski definition) is 5. The predicted molar refractivity (Wildman–Crippen MR) is 111 cm³/mol. The average Bonchev–Trinajstić information content (AvgIpc) is 2.66. The largest absolute Gasteiger partial charge is 0.379 e. The van der Waals surface area contributed by atoms with Crippen molar-refractivity contribution in [1.29, 1.82) is 0 Å². The molecule has 0 aromatic heterocycles. The molecule has 0 aliphatic rings. The van der Waals surface area contributed by atoms with Gasteiger partial charge < -0.3 is 14.4 Å². The molecule has 2 aromatic carbocycles. The molecule has 0 spiro atoms. The van der Waals surface area contributed by atoms with Gasteiger partial charge in [0.05, 0.1) is 0 Å². The fourth-order valence-corrected chi connectivity index (χ4v) is 3.74. The van der Waals surface area contributed by atoms with Crippen molar-refractivity contribution in [2.24, 2.45) is 0 Å². The fourth-order valence-electron chi connectivity index (χ4n) is 2.77. The van der Waals surface area contributed by atoms with Crippen LogP contribution in [0.2, 0.25) is 0 Å². The van der Waals surface area contributed by atoms with E-state index in [-0.39, 0.29) is 35.0 Å². The van der Waals surface area contributed by atoms with Gasteiger partial charge in [-0.3, -0.25) is 9.59 Å². The van der Waals surface area contributed by atoms with Gasteiger partial charge in [0.1, 0.15) is 10.6 Å². The van der Waals surface area contributed by atoms with Gasteiger partial charge >= 0.3 is 10.1 Å². The molecule has 0 fully saturated rings. The molecule has 0 bridgehead atoms. The highest BCUT2D eigenvalue weighted by Gasteiger charge is 2.21. The number of anilines is 1. The number of para-hydroxylation sites is 1. The normalized spacial score (nSPS) is 12.1. The predicted octanol–water partition coefficient (Wildman–Crippen LogP) is 3.56. The maximum absolute atomic E-state index is 12.7. The van der Waals surface area contributed by atoms with Crippen LogP contribution >= 0.6 is 0 Å². The van der Waals surface area contributed by atoms with Gasteiger partial charge in [0.15, 0.2) is 0 Å². The zero-order valence-corrected chi connectivity index (χ0v) is 17.8. The summed E-state index contributed by atoms with van der Waals surface area (Å²) in [5, 5.41) is 2.58. The van der Waals surface area contributed by atoms with Crippen LogP contribution in [0.5, 0.6) is 5.75 Å². The van der Waals surface area contributed by atoms with Gasteiger partial charge in [0, 0.05) is 37.7 Å². The summed E-state index contributed by atoms with van der Waals surface area (Å²) in [6.07, 6.45) is 0.779. The van der Waals surface area contributed by atoms with Crippen LogP contribution in [0.1, 0.15) is 39.7 Å². The number of rotatable bonds is 8. The second-order valence-corrected chi connectivity index (χ2v) is 8.30. The van der Waals surface area contributed by atoms with Gasteiger partial charge in [-0.25, -0.2) is 0 Å². The third kappa shape index (κ3) is 6.05. The molecule has 1 N–H and O–H groups in total. The van der Waals surface area contributed by atoms with Gasteiger partial charge in [0.2, 0.25) is 11.8 Å². The van der Waals surface area contributed by atoms with Crippen LogP contribution in [0.4, 0.5) is 5.69 Å². The molecule has 0 heterocycles. The molecule has 0 saturated carbocycles. The second kappa shape index (κ2) is 9.56. The minimum absolute atomic E-state index is 0.0125. The van der Waals surface area contributed by atoms with E-state index in [9.17, 15) is 18.0 Å². The van der Waals surface area contributed by atoms with Gasteiger partial charge in [-0.1, -0.05) is 25.1 Å². The van der Waals surface area contributed by atoms with Crippen LogP contribution in [-0.2, 0) is 26.3 Å². The van der Waals surface area contributed by atoms with Gasteiger partial charge in [0.25, 0.3) is 0 Å². The highest BCUT2D eigenvalue weighted by atomic mass is 32.2. The fraction of sp³-hybridized carbons (Fsp3) is 0.333. The standard InChI is InChI=1S/C21H26N2O5S/c1-5-15(2)23(17(4)25)14-18-8-6-7-9-21(18)28-29(26,27)20-12-10-19(11-13-20)22-16(3)24/h6-13,15H,5,14H2,1-4H3,(H,22,24)/t15-/m0/s1. The number of carbonyl (C=O) groups is 2. The van der Waals surface area contributed by atoms with Crippen molar-refractivity contribution >= 4 is 27.6 Å². The molecule has 8 heteroatoms. The highest BCUT2D eigenvalue weighted by Crippen LogP contribution is 2.26. The third-order valence-corrected chi connectivity index (χ3v) is 5.75. The third-order valence-electron chi connectivity index (χ3n) is 4.50. The number of amides is 2. The summed E-state index contributed by atoms with van der Waals surface area (Å²) in [7, 11) is -4.08. The Labute approximate surface area is 171 Å². The molecule has 0 unspecified atom stereocenters. The Balaban J connectivity index is 2.27. The highest BCUT2D eigenvalue weighted by molar-refractivity contribution is 7.87. The van der Waals surface area contributed by atoms with Crippen LogP contribution in [0.3, 0.4) is 0 Å². The van der Waals surface area contributed by atoms with E-state index in [2.05, 4.69) is 5.32 Å². The van der Waals surface area contributed by atoms with Crippen LogP contribution in [0, 0.1) is 0 Å². The summed E-state index contributed by atoms with van der Waals surface area (Å²) >= 11 is 0. The Morgan fingerprint density at radius 1 is 1.07 bits per heavy atom. The van der Waals surface area contributed by atoms with Crippen LogP contribution < -0.4 is 9.50 Å². The monoisotopic (exact) mass is 418 g/mol. The Kier molecular flexibility index (Phi) is 7.39. The Bertz CT molecular complexity index is 971. The van der Waals surface area contributed by atoms with Gasteiger partial charge in [-0.05, 0) is 43.7 Å². The van der Waals surface area contributed by atoms with E-state index in [0.29, 0.717) is 11.3 Å². The van der Waals surface area contributed by atoms with Crippen molar-refractivity contribution in [2.45, 2.75) is 51.6 Å². The number of carbonyl (C=O) groups excluding carboxylic acids is 2. The number of nitrogens with one attached hydrogen (secondary N) is 1. The lowest BCUT2D eigenvalue weighted by Crippen LogP contribution is -2.36. The second-order valence-electron chi connectivity index (χ2n) is 6.75. The molecule has 7 nitrogen and oxygen atoms in total. The molecule has 2 aromatic rings. The minimum atomic E-state index is -4.08. The summed E-state index contributed by atoms with van der Waals surface area (Å²) in [6, 6.07) is 12.5. The van der Waals surface area contributed by atoms with Crippen LogP contribution in [0.15, 0.2) is 53.4 Å². The minimum Gasteiger partial charge on any atom is -0.379 e. The summed E-state index contributed by atoms with van der Waals surface area (Å²) in [5.41, 5.74) is 1.09. The first-order valence-corrected chi connectivity index (χ1v) is 10.7. The van der Waals surface area contributed by atoms with E-state index in [1.807, 2.05) is 13.8 Å². The van der Waals surface area contributed by atoms with Crippen LogP contribution in [0.25, 0.3) is 0 Å². The van der Waals surface area contributed by atoms with Crippen molar-refractivity contribution in [3.05, 3.63) is 54.1 Å². The summed E-state index contributed by atoms with van der Waals surface area (Å²) in [6.45, 7) is 7.03. The number of nitrogens with zero attached hydrogens (tertiary/aromatic N) is 1. The lowest BCUT2D eigenvalue weighted by atomic mass is 10.1. The molecule has 2 amide bonds. The van der Waals surface area contributed by atoms with E-state index < -0.39 is 10.1 Å². The first kappa shape index (κ1) is 22.4. The Morgan fingerprint density at radius 2 is 1.69 bits per heavy atom. The topological polar surface area (TPSA) is 92.8 Å². The van der Waals surface area contributed by atoms with E-state index in [1.54, 1.807) is 29.2 Å². The van der Waals surface area contributed by atoms with Crippen molar-refractivity contribution in [1.82, 2.24) is 4.90 Å². The zero-order valence-electron chi connectivity index (χ0n) is 17.0. The average molecular weight is 419 g/mol. The van der Waals surface area contributed by atoms with E-state index >= 15 is 0 Å². The first-order chi connectivity index (χ1) is 13.6. The van der Waals surface area contributed by atoms with Crippen molar-refractivity contribution < 1.29 is 22.2 Å². The molecule has 0 saturated heterocycles. The van der Waals surface area contributed by atoms with Gasteiger partial charge in [-0.15, -0.1) is 0 Å². The van der Waals surface area contributed by atoms with Gasteiger partial charge in [-0.2, -0.15) is 8.42 Å². The number of benzene rings is 2. The summed E-state index contributed by atoms with van der Waals surface area (Å²) < 4.78 is 30.8. The van der Waals surface area contributed by atoms with Crippen molar-refractivity contribution in [3.8, 4) is 5.75 Å². The number of hydrogen-bond donors (Lipinski definition) is 1. The maximum Gasteiger partial charge on any atom is 0.339 e. The molecular weight excluding hydrogens is 392 g/mol. The molecule has 0 radical (unpaired) electrons. The molecular formula is C21H26N2O5S. The lowest BCUT2D eigenvalue weighted by molar-refractivity contribution is -0.131. The van der Waals surface area contributed by atoms with Crippen LogP contribution in [-0.4, -0.2) is 31.2 Å². The van der Waals surface area contributed by atoms with Crippen molar-refractivity contribution in [3.63, 3.8) is 0 Å². The summed E-state index contributed by atoms with van der Waals surface area (Å²) in [4.78, 5) is 24.8. The van der Waals surface area contributed by atoms with E-state index in [1.165, 1.54) is 38.1 Å². The molecule has 1 atom stereocenters. The Hall–Kier alpha value is -2.87. The SMILES string of the molecule is CC[C@H](C)N(Cc1ccccc1OS(=O)(=O)c1ccc(NC(C)=O)cc1)C(C)=O. The molecule has 0 aliphatic carbocycles. The van der Waals surface area contributed by atoms with E-state index in [4.69, 9.17) is 4.18 Å². The summed E-state index contributed by atoms with van der Waals surface area (Å²) in [5.74, 6) is -0.166. The Morgan fingerprint density at radius 3 is 2.24 bits per heavy atom. The molecule has 29 heavy (non-hydrogen) atoms. The maximum atomic E-state index is 12.7. The lowest BCUT2D eigenvalue weighted by Gasteiger charge is -2.28. The molecule has 156 valence electrons. The first-order valence-electron chi connectivity index (χ1n) is 9.31. The molecule has 0 aliphatic heterocycles. The van der Waals surface area contributed by atoms with Crippen molar-refractivity contribution in [2.75, 3.05) is 5.32 Å². The zero-order chi connectivity index (χ0) is 21.6.